The van der Waals surface area contributed by atoms with E-state index in [9.17, 15) is 19.8 Å². The zero-order valence-electron chi connectivity index (χ0n) is 10.7. The average molecular weight is 336 g/mol. The number of rotatable bonds is 2. The van der Waals surface area contributed by atoms with Crippen LogP contribution in [0.15, 0.2) is 15.9 Å². The maximum absolute atomic E-state index is 11.8. The Hall–Kier alpha value is -1.37. The molecule has 114 valence electrons. The number of nitrogens with one attached hydrogen (secondary N) is 1. The van der Waals surface area contributed by atoms with Crippen molar-refractivity contribution in [2.45, 2.75) is 36.3 Å². The van der Waals surface area contributed by atoms with Crippen molar-refractivity contribution in [3.63, 3.8) is 0 Å². The highest BCUT2D eigenvalue weighted by molar-refractivity contribution is 6.32. The summed E-state index contributed by atoms with van der Waals surface area (Å²) >= 11 is 11.6. The summed E-state index contributed by atoms with van der Waals surface area (Å²) in [5.41, 5.74) is -1.69. The Morgan fingerprint density at radius 2 is 2.29 bits per heavy atom. The van der Waals surface area contributed by atoms with Crippen molar-refractivity contribution in [1.29, 1.82) is 0 Å². The highest BCUT2D eigenvalue weighted by Crippen LogP contribution is 2.43. The normalized spacial score (nSPS) is 33.3. The average Bonchev–Trinajstić information content (AvgIpc) is 2.64. The summed E-state index contributed by atoms with van der Waals surface area (Å²) in [4.78, 5) is 26.3. The van der Waals surface area contributed by atoms with Crippen LogP contribution in [0.5, 0.6) is 0 Å². The molecule has 1 saturated heterocycles. The van der Waals surface area contributed by atoms with Gasteiger partial charge in [-0.3, -0.25) is 9.55 Å². The highest BCUT2D eigenvalue weighted by atomic mass is 35.5. The van der Waals surface area contributed by atoms with Gasteiger partial charge in [0.25, 0.3) is 0 Å². The SMILES string of the molecule is C[C@H](O)[C@H]1O[C@@H](n2cnc(=O)[nH]c2=O)C(Cl)(C#CCl)C1O. The van der Waals surface area contributed by atoms with E-state index in [0.29, 0.717) is 0 Å². The molecule has 0 aromatic carbocycles. The number of aromatic amines is 1. The second-order valence-corrected chi connectivity index (χ2v) is 5.33. The van der Waals surface area contributed by atoms with E-state index in [-0.39, 0.29) is 0 Å². The van der Waals surface area contributed by atoms with E-state index in [0.717, 1.165) is 10.9 Å². The first kappa shape index (κ1) is 16.0. The van der Waals surface area contributed by atoms with Crippen LogP contribution in [-0.4, -0.2) is 47.9 Å². The van der Waals surface area contributed by atoms with Gasteiger partial charge in [0, 0.05) is 5.38 Å². The molecule has 21 heavy (non-hydrogen) atoms. The smallest absolute Gasteiger partial charge is 0.350 e. The van der Waals surface area contributed by atoms with Gasteiger partial charge in [-0.2, -0.15) is 4.98 Å². The predicted octanol–water partition coefficient (Wildman–Crippen LogP) is -1.25. The molecular weight excluding hydrogens is 325 g/mol. The number of ether oxygens (including phenoxy) is 1. The minimum Gasteiger partial charge on any atom is -0.391 e. The number of H-pyrrole nitrogens is 1. The second kappa shape index (κ2) is 5.79. The topological polar surface area (TPSA) is 117 Å². The van der Waals surface area contributed by atoms with E-state index in [4.69, 9.17) is 27.9 Å². The second-order valence-electron chi connectivity index (χ2n) is 4.51. The highest BCUT2D eigenvalue weighted by Gasteiger charge is 2.57. The molecule has 0 saturated carbocycles. The largest absolute Gasteiger partial charge is 0.391 e. The summed E-state index contributed by atoms with van der Waals surface area (Å²) in [5.74, 6) is 2.36. The molecule has 1 aromatic heterocycles. The number of aliphatic hydroxyl groups is 2. The summed E-state index contributed by atoms with van der Waals surface area (Å²) < 4.78 is 6.28. The summed E-state index contributed by atoms with van der Waals surface area (Å²) in [7, 11) is 0. The van der Waals surface area contributed by atoms with Crippen LogP contribution in [0.4, 0.5) is 0 Å². The van der Waals surface area contributed by atoms with Crippen LogP contribution in [-0.2, 0) is 4.74 Å². The zero-order valence-corrected chi connectivity index (χ0v) is 12.2. The number of halogens is 2. The Kier molecular flexibility index (Phi) is 4.41. The lowest BCUT2D eigenvalue weighted by Crippen LogP contribution is -2.45. The van der Waals surface area contributed by atoms with Crippen LogP contribution >= 0.6 is 23.2 Å². The van der Waals surface area contributed by atoms with Gasteiger partial charge >= 0.3 is 11.4 Å². The van der Waals surface area contributed by atoms with Crippen molar-refractivity contribution in [2.24, 2.45) is 0 Å². The van der Waals surface area contributed by atoms with Gasteiger partial charge in [-0.1, -0.05) is 17.5 Å². The molecule has 1 aliphatic rings. The van der Waals surface area contributed by atoms with E-state index in [2.05, 4.69) is 10.9 Å². The van der Waals surface area contributed by atoms with E-state index in [1.165, 1.54) is 6.92 Å². The Bertz CT molecular complexity index is 706. The van der Waals surface area contributed by atoms with Gasteiger partial charge in [-0.05, 0) is 18.5 Å². The molecule has 2 unspecified atom stereocenters. The maximum atomic E-state index is 11.8. The van der Waals surface area contributed by atoms with Crippen LogP contribution < -0.4 is 11.4 Å². The van der Waals surface area contributed by atoms with Crippen molar-refractivity contribution >= 4 is 23.2 Å². The number of alkyl halides is 1. The molecule has 1 aromatic rings. The van der Waals surface area contributed by atoms with Gasteiger partial charge in [-0.15, -0.1) is 0 Å². The molecule has 0 spiro atoms. The van der Waals surface area contributed by atoms with Gasteiger partial charge in [0.2, 0.25) is 0 Å². The molecule has 0 amide bonds. The van der Waals surface area contributed by atoms with Gasteiger partial charge in [0.05, 0.1) is 6.10 Å². The number of nitrogens with zero attached hydrogens (tertiary/aromatic N) is 2. The molecule has 2 heterocycles. The fourth-order valence-electron chi connectivity index (χ4n) is 2.08. The lowest BCUT2D eigenvalue weighted by molar-refractivity contribution is -0.0776. The molecule has 1 aliphatic heterocycles. The summed E-state index contributed by atoms with van der Waals surface area (Å²) in [6.45, 7) is 1.38. The minimum absolute atomic E-state index is 0.842. The van der Waals surface area contributed by atoms with E-state index < -0.39 is 40.8 Å². The van der Waals surface area contributed by atoms with E-state index >= 15 is 0 Å². The van der Waals surface area contributed by atoms with Crippen LogP contribution in [0.1, 0.15) is 13.2 Å². The van der Waals surface area contributed by atoms with E-state index in [1.807, 2.05) is 10.4 Å². The number of aromatic nitrogens is 3. The van der Waals surface area contributed by atoms with Gasteiger partial charge in [0.15, 0.2) is 11.1 Å². The molecule has 8 nitrogen and oxygen atoms in total. The molecule has 0 aliphatic carbocycles. The molecular formula is C11H11Cl2N3O5. The standard InChI is InChI=1S/C11H11Cl2N3O5/c1-5(17)6-7(18)11(13,2-3-12)8(21-6)16-4-14-9(19)15-10(16)20/h4-8,17-18H,1H3,(H,15,19,20)/t5-,6+,7?,8+,11?/m0/s1. The third-order valence-corrected chi connectivity index (χ3v) is 3.70. The van der Waals surface area contributed by atoms with Crippen molar-refractivity contribution < 1.29 is 14.9 Å². The van der Waals surface area contributed by atoms with E-state index in [1.54, 1.807) is 0 Å². The van der Waals surface area contributed by atoms with Crippen LogP contribution in [0, 0.1) is 11.3 Å². The van der Waals surface area contributed by atoms with Crippen molar-refractivity contribution in [3.8, 4) is 11.3 Å². The third-order valence-electron chi connectivity index (χ3n) is 3.10. The molecule has 1 fully saturated rings. The number of aliphatic hydroxyl groups excluding tert-OH is 2. The molecule has 0 bridgehead atoms. The predicted molar refractivity (Wildman–Crippen MR) is 72.9 cm³/mol. The lowest BCUT2D eigenvalue weighted by atomic mass is 9.97. The van der Waals surface area contributed by atoms with Gasteiger partial charge in [-0.25, -0.2) is 9.59 Å². The first-order valence-corrected chi connectivity index (χ1v) is 6.57. The maximum Gasteiger partial charge on any atom is 0.350 e. The lowest BCUT2D eigenvalue weighted by Gasteiger charge is -2.25. The van der Waals surface area contributed by atoms with Crippen LogP contribution in [0.3, 0.4) is 0 Å². The fourth-order valence-corrected chi connectivity index (χ4v) is 2.62. The van der Waals surface area contributed by atoms with Gasteiger partial charge in [0.1, 0.15) is 18.5 Å². The minimum atomic E-state index is -1.78. The zero-order chi connectivity index (χ0) is 15.8. The number of hydrogen-bond donors (Lipinski definition) is 3. The summed E-state index contributed by atoms with van der Waals surface area (Å²) in [5, 5.41) is 21.8. The first-order chi connectivity index (χ1) is 9.81. The van der Waals surface area contributed by atoms with Crippen molar-refractivity contribution in [1.82, 2.24) is 14.5 Å². The molecule has 5 atom stereocenters. The van der Waals surface area contributed by atoms with Crippen LogP contribution in [0.25, 0.3) is 0 Å². The number of hydrogen-bond acceptors (Lipinski definition) is 6. The Labute approximate surface area is 128 Å². The summed E-state index contributed by atoms with van der Waals surface area (Å²) in [6.07, 6.45) is -3.97. The van der Waals surface area contributed by atoms with Gasteiger partial charge < -0.3 is 14.9 Å². The molecule has 2 rings (SSSR count). The molecule has 3 N–H and O–H groups in total. The Balaban J connectivity index is 2.56. The Morgan fingerprint density at radius 1 is 1.62 bits per heavy atom. The summed E-state index contributed by atoms with van der Waals surface area (Å²) in [6, 6.07) is 0. The monoisotopic (exact) mass is 335 g/mol. The van der Waals surface area contributed by atoms with Crippen LogP contribution in [0.2, 0.25) is 0 Å². The quantitative estimate of drug-likeness (QED) is 0.459. The molecule has 0 radical (unpaired) electrons. The van der Waals surface area contributed by atoms with Crippen molar-refractivity contribution in [3.05, 3.63) is 27.3 Å². The van der Waals surface area contributed by atoms with Crippen molar-refractivity contribution in [2.75, 3.05) is 0 Å². The third kappa shape index (κ3) is 2.71. The molecule has 10 heteroatoms. The fraction of sp³-hybridized carbons (Fsp3) is 0.545. The Morgan fingerprint density at radius 3 is 2.81 bits per heavy atom. The first-order valence-electron chi connectivity index (χ1n) is 5.82.